The van der Waals surface area contributed by atoms with Gasteiger partial charge in [0.05, 0.1) is 11.8 Å². The van der Waals surface area contributed by atoms with Crippen molar-refractivity contribution in [2.24, 2.45) is 0 Å². The Labute approximate surface area is 81.1 Å². The lowest BCUT2D eigenvalue weighted by Gasteiger charge is -2.06. The SMILES string of the molecule is Cc1c(F)cnc(I)c1C(F)F. The summed E-state index contributed by atoms with van der Waals surface area (Å²) < 4.78 is 37.4. The van der Waals surface area contributed by atoms with Crippen LogP contribution in [0.5, 0.6) is 0 Å². The third kappa shape index (κ3) is 1.70. The zero-order valence-electron chi connectivity index (χ0n) is 6.11. The van der Waals surface area contributed by atoms with Gasteiger partial charge < -0.3 is 0 Å². The van der Waals surface area contributed by atoms with E-state index in [2.05, 4.69) is 4.98 Å². The molecule has 0 aromatic carbocycles. The highest BCUT2D eigenvalue weighted by atomic mass is 127. The lowest BCUT2D eigenvalue weighted by atomic mass is 10.1. The van der Waals surface area contributed by atoms with Crippen molar-refractivity contribution in [2.75, 3.05) is 0 Å². The highest BCUT2D eigenvalue weighted by Crippen LogP contribution is 2.27. The molecule has 0 fully saturated rings. The second-order valence-corrected chi connectivity index (χ2v) is 3.26. The van der Waals surface area contributed by atoms with Crippen molar-refractivity contribution in [3.8, 4) is 0 Å². The van der Waals surface area contributed by atoms with Gasteiger partial charge in [0.2, 0.25) is 0 Å². The summed E-state index contributed by atoms with van der Waals surface area (Å²) in [5.41, 5.74) is -0.333. The van der Waals surface area contributed by atoms with E-state index in [0.717, 1.165) is 6.20 Å². The summed E-state index contributed by atoms with van der Waals surface area (Å²) in [6, 6.07) is 0. The van der Waals surface area contributed by atoms with Crippen molar-refractivity contribution >= 4 is 22.6 Å². The number of hydrogen-bond donors (Lipinski definition) is 0. The number of rotatable bonds is 1. The Hall–Kier alpha value is -0.330. The third-order valence-electron chi connectivity index (χ3n) is 1.49. The van der Waals surface area contributed by atoms with E-state index >= 15 is 0 Å². The largest absolute Gasteiger partial charge is 0.266 e. The van der Waals surface area contributed by atoms with Gasteiger partial charge in [-0.3, -0.25) is 0 Å². The van der Waals surface area contributed by atoms with Gasteiger partial charge in [0, 0.05) is 0 Å². The van der Waals surface area contributed by atoms with Crippen LogP contribution in [0.15, 0.2) is 6.20 Å². The minimum atomic E-state index is -2.67. The zero-order valence-corrected chi connectivity index (χ0v) is 8.27. The Bertz CT molecular complexity index is 301. The molecule has 1 nitrogen and oxygen atoms in total. The van der Waals surface area contributed by atoms with Crippen LogP contribution in [-0.2, 0) is 0 Å². The fraction of sp³-hybridized carbons (Fsp3) is 0.286. The molecule has 1 rings (SSSR count). The Morgan fingerprint density at radius 1 is 1.50 bits per heavy atom. The first-order valence-corrected chi connectivity index (χ1v) is 4.20. The Balaban J connectivity index is 3.33. The molecule has 0 spiro atoms. The molecule has 0 saturated carbocycles. The van der Waals surface area contributed by atoms with Gasteiger partial charge >= 0.3 is 0 Å². The van der Waals surface area contributed by atoms with E-state index < -0.39 is 12.2 Å². The molecule has 0 bridgehead atoms. The first-order valence-electron chi connectivity index (χ1n) is 3.12. The molecule has 0 aliphatic rings. The molecule has 0 radical (unpaired) electrons. The van der Waals surface area contributed by atoms with E-state index in [1.54, 1.807) is 22.6 Å². The average Bonchev–Trinajstić information content (AvgIpc) is 1.97. The number of alkyl halides is 2. The highest BCUT2D eigenvalue weighted by Gasteiger charge is 2.17. The van der Waals surface area contributed by atoms with Gasteiger partial charge in [-0.25, -0.2) is 18.2 Å². The molecule has 0 N–H and O–H groups in total. The zero-order chi connectivity index (χ0) is 9.30. The lowest BCUT2D eigenvalue weighted by molar-refractivity contribution is 0.148. The molecule has 0 aliphatic heterocycles. The minimum absolute atomic E-state index is 0.0237. The van der Waals surface area contributed by atoms with Crippen molar-refractivity contribution in [1.29, 1.82) is 0 Å². The third-order valence-corrected chi connectivity index (χ3v) is 2.35. The van der Waals surface area contributed by atoms with Crippen molar-refractivity contribution in [3.63, 3.8) is 0 Å². The van der Waals surface area contributed by atoms with Gasteiger partial charge in [-0.15, -0.1) is 0 Å². The predicted molar refractivity (Wildman–Crippen MR) is 46.6 cm³/mol. The van der Waals surface area contributed by atoms with Crippen LogP contribution < -0.4 is 0 Å². The van der Waals surface area contributed by atoms with Crippen LogP contribution in [0.4, 0.5) is 13.2 Å². The fourth-order valence-corrected chi connectivity index (χ4v) is 1.60. The van der Waals surface area contributed by atoms with Crippen molar-refractivity contribution in [3.05, 3.63) is 26.8 Å². The Morgan fingerprint density at radius 3 is 2.50 bits per heavy atom. The van der Waals surface area contributed by atoms with Gasteiger partial charge in [-0.2, -0.15) is 0 Å². The molecule has 1 heterocycles. The molecule has 66 valence electrons. The van der Waals surface area contributed by atoms with Gasteiger partial charge in [-0.05, 0) is 35.1 Å². The molecule has 1 aromatic heterocycles. The van der Waals surface area contributed by atoms with Crippen molar-refractivity contribution in [2.45, 2.75) is 13.3 Å². The summed E-state index contributed by atoms with van der Waals surface area (Å²) >= 11 is 1.66. The maximum absolute atomic E-state index is 12.7. The summed E-state index contributed by atoms with van der Waals surface area (Å²) in [7, 11) is 0. The molecule has 5 heteroatoms. The molecular weight excluding hydrogens is 282 g/mol. The predicted octanol–water partition coefficient (Wildman–Crippen LogP) is 3.07. The van der Waals surface area contributed by atoms with Crippen LogP contribution in [0.3, 0.4) is 0 Å². The Kier molecular flexibility index (Phi) is 2.92. The summed E-state index contributed by atoms with van der Waals surface area (Å²) in [6.07, 6.45) is -1.72. The quantitative estimate of drug-likeness (QED) is 0.571. The van der Waals surface area contributed by atoms with E-state index in [0.29, 0.717) is 0 Å². The molecular formula is C7H5F3IN. The first kappa shape index (κ1) is 9.76. The number of aromatic nitrogens is 1. The smallest absolute Gasteiger partial charge is 0.247 e. The first-order chi connectivity index (χ1) is 5.54. The number of halogens is 4. The van der Waals surface area contributed by atoms with Gasteiger partial charge in [0.25, 0.3) is 6.43 Å². The second kappa shape index (κ2) is 3.59. The maximum atomic E-state index is 12.7. The van der Waals surface area contributed by atoms with E-state index in [9.17, 15) is 13.2 Å². The molecule has 0 aliphatic carbocycles. The number of pyridine rings is 1. The van der Waals surface area contributed by atoms with Crippen LogP contribution in [0, 0.1) is 16.4 Å². The lowest BCUT2D eigenvalue weighted by Crippen LogP contribution is -1.99. The highest BCUT2D eigenvalue weighted by molar-refractivity contribution is 14.1. The molecule has 0 unspecified atom stereocenters. The van der Waals surface area contributed by atoms with E-state index in [1.165, 1.54) is 6.92 Å². The normalized spacial score (nSPS) is 10.8. The molecule has 0 saturated heterocycles. The topological polar surface area (TPSA) is 12.9 Å². The molecule has 1 aromatic rings. The molecule has 0 amide bonds. The van der Waals surface area contributed by atoms with Crippen LogP contribution in [0.2, 0.25) is 0 Å². The number of hydrogen-bond acceptors (Lipinski definition) is 1. The van der Waals surface area contributed by atoms with Gasteiger partial charge in [0.1, 0.15) is 9.52 Å². The van der Waals surface area contributed by atoms with Crippen LogP contribution in [0.1, 0.15) is 17.6 Å². The molecule has 12 heavy (non-hydrogen) atoms. The summed E-state index contributed by atoms with van der Waals surface area (Å²) in [6.45, 7) is 1.32. The van der Waals surface area contributed by atoms with E-state index in [-0.39, 0.29) is 14.8 Å². The van der Waals surface area contributed by atoms with Gasteiger partial charge in [-0.1, -0.05) is 0 Å². The fourth-order valence-electron chi connectivity index (χ4n) is 0.817. The van der Waals surface area contributed by atoms with Crippen molar-refractivity contribution in [1.82, 2.24) is 4.98 Å². The van der Waals surface area contributed by atoms with Crippen LogP contribution in [0.25, 0.3) is 0 Å². The van der Waals surface area contributed by atoms with Crippen molar-refractivity contribution < 1.29 is 13.2 Å². The summed E-state index contributed by atoms with van der Waals surface area (Å²) in [5.74, 6) is -0.689. The monoisotopic (exact) mass is 287 g/mol. The van der Waals surface area contributed by atoms with Crippen LogP contribution in [-0.4, -0.2) is 4.98 Å². The second-order valence-electron chi connectivity index (χ2n) is 2.24. The van der Waals surface area contributed by atoms with E-state index in [4.69, 9.17) is 0 Å². The minimum Gasteiger partial charge on any atom is -0.247 e. The summed E-state index contributed by atoms with van der Waals surface area (Å²) in [5, 5.41) is 0. The maximum Gasteiger partial charge on any atom is 0.266 e. The summed E-state index contributed by atoms with van der Waals surface area (Å²) in [4.78, 5) is 3.49. The number of nitrogens with zero attached hydrogens (tertiary/aromatic N) is 1. The van der Waals surface area contributed by atoms with Crippen LogP contribution >= 0.6 is 22.6 Å². The van der Waals surface area contributed by atoms with Gasteiger partial charge in [0.15, 0.2) is 0 Å². The molecule has 0 atom stereocenters. The van der Waals surface area contributed by atoms with E-state index in [1.807, 2.05) is 0 Å². The Morgan fingerprint density at radius 2 is 2.08 bits per heavy atom. The standard InChI is InChI=1S/C7H5F3IN/c1-3-4(8)2-12-7(11)5(3)6(9)10/h2,6H,1H3. The average molecular weight is 287 g/mol.